The van der Waals surface area contributed by atoms with E-state index >= 15 is 0 Å². The molecule has 3 aromatic heterocycles. The Labute approximate surface area is 269 Å². The summed E-state index contributed by atoms with van der Waals surface area (Å²) in [5.41, 5.74) is 11.6. The quantitative estimate of drug-likeness (QED) is 0.160. The zero-order valence-corrected chi connectivity index (χ0v) is 29.9. The van der Waals surface area contributed by atoms with Crippen LogP contribution in [0.5, 0.6) is 0 Å². The van der Waals surface area contributed by atoms with Gasteiger partial charge in [0.2, 0.25) is 0 Å². The van der Waals surface area contributed by atoms with E-state index in [-0.39, 0.29) is 34.3 Å². The maximum atomic E-state index is 12.8. The summed E-state index contributed by atoms with van der Waals surface area (Å²) < 4.78 is 46.4. The van der Waals surface area contributed by atoms with Crippen molar-refractivity contribution in [1.82, 2.24) is 0 Å². The summed E-state index contributed by atoms with van der Waals surface area (Å²) in [7, 11) is 1.47. The Morgan fingerprint density at radius 1 is 1.05 bits per heavy atom. The lowest BCUT2D eigenvalue weighted by atomic mass is 10.1. The van der Waals surface area contributed by atoms with Crippen LogP contribution in [-0.2, 0) is 37.9 Å². The summed E-state index contributed by atoms with van der Waals surface area (Å²) in [6.07, 6.45) is 2.12. The Morgan fingerprint density at radius 2 is 1.74 bits per heavy atom. The predicted molar refractivity (Wildman–Crippen MR) is 179 cm³/mol. The SMILES string of the molecule is CC(C)(C)[Si](C)(C)OCCc1ccc(F)s1.COC(CN)OC.NCC1OCCc2sc(F)cc21.OCCc1cccs1. The van der Waals surface area contributed by atoms with Gasteiger partial charge in [-0.05, 0) is 53.3 Å². The highest BCUT2D eigenvalue weighted by atomic mass is 32.1. The van der Waals surface area contributed by atoms with Crippen molar-refractivity contribution in [3.8, 4) is 0 Å². The third-order valence-corrected chi connectivity index (χ3v) is 14.3. The van der Waals surface area contributed by atoms with Crippen LogP contribution in [0.25, 0.3) is 0 Å². The van der Waals surface area contributed by atoms with Crippen LogP contribution in [0.15, 0.2) is 35.7 Å². The van der Waals surface area contributed by atoms with E-state index < -0.39 is 8.32 Å². The highest BCUT2D eigenvalue weighted by molar-refractivity contribution is 7.10. The van der Waals surface area contributed by atoms with Crippen molar-refractivity contribution in [1.29, 1.82) is 0 Å². The number of fused-ring (bicyclic) bond motifs is 1. The van der Waals surface area contributed by atoms with Crippen molar-refractivity contribution < 1.29 is 32.5 Å². The van der Waals surface area contributed by atoms with Crippen molar-refractivity contribution in [2.45, 2.75) is 70.6 Å². The van der Waals surface area contributed by atoms with E-state index in [1.165, 1.54) is 39.7 Å². The molecule has 43 heavy (non-hydrogen) atoms. The summed E-state index contributed by atoms with van der Waals surface area (Å²) in [6.45, 7) is 13.6. The lowest BCUT2D eigenvalue weighted by molar-refractivity contribution is -0.0940. The zero-order chi connectivity index (χ0) is 32.5. The number of hydrogen-bond acceptors (Lipinski definition) is 10. The minimum atomic E-state index is -1.64. The lowest BCUT2D eigenvalue weighted by Gasteiger charge is -2.36. The second kappa shape index (κ2) is 20.8. The van der Waals surface area contributed by atoms with Gasteiger partial charge >= 0.3 is 0 Å². The number of aliphatic hydroxyl groups excluding tert-OH is 1. The van der Waals surface area contributed by atoms with Gasteiger partial charge in [-0.15, -0.1) is 34.0 Å². The molecule has 0 saturated heterocycles. The third-order valence-electron chi connectivity index (χ3n) is 6.92. The van der Waals surface area contributed by atoms with Gasteiger partial charge in [0.25, 0.3) is 0 Å². The second-order valence-corrected chi connectivity index (χ2v) is 19.1. The van der Waals surface area contributed by atoms with Gasteiger partial charge in [0.1, 0.15) is 0 Å². The van der Waals surface area contributed by atoms with Crippen LogP contribution in [0.4, 0.5) is 8.78 Å². The lowest BCUT2D eigenvalue weighted by Crippen LogP contribution is -2.41. The maximum absolute atomic E-state index is 12.8. The molecule has 7 nitrogen and oxygen atoms in total. The molecule has 0 fully saturated rings. The summed E-state index contributed by atoms with van der Waals surface area (Å²) >= 11 is 4.11. The summed E-state index contributed by atoms with van der Waals surface area (Å²) in [5.74, 6) is 0. The fraction of sp³-hybridized carbons (Fsp3) is 0.600. The highest BCUT2D eigenvalue weighted by Gasteiger charge is 2.36. The molecule has 1 atom stereocenters. The van der Waals surface area contributed by atoms with Crippen molar-refractivity contribution in [3.05, 3.63) is 66.2 Å². The molecule has 13 heteroatoms. The number of hydrogen-bond donors (Lipinski definition) is 3. The van der Waals surface area contributed by atoms with Crippen LogP contribution in [-0.4, -0.2) is 66.8 Å². The first kappa shape index (κ1) is 39.9. The Kier molecular flexibility index (Phi) is 19.3. The Balaban J connectivity index is 0.000000303. The average molecular weight is 681 g/mol. The molecule has 0 spiro atoms. The Morgan fingerprint density at radius 3 is 2.21 bits per heavy atom. The Hall–Kier alpha value is -1.10. The molecular formula is C30H50F2N2O5S3Si. The molecule has 1 aliphatic heterocycles. The van der Waals surface area contributed by atoms with Crippen LogP contribution in [0, 0.1) is 10.3 Å². The van der Waals surface area contributed by atoms with Crippen molar-refractivity contribution in [3.63, 3.8) is 0 Å². The van der Waals surface area contributed by atoms with Gasteiger partial charge in [0, 0.05) is 74.4 Å². The van der Waals surface area contributed by atoms with Gasteiger partial charge in [-0.1, -0.05) is 26.8 Å². The zero-order valence-electron chi connectivity index (χ0n) is 26.5. The molecule has 1 unspecified atom stereocenters. The van der Waals surface area contributed by atoms with E-state index in [2.05, 4.69) is 33.9 Å². The van der Waals surface area contributed by atoms with E-state index in [0.717, 1.165) is 34.6 Å². The second-order valence-electron chi connectivity index (χ2n) is 11.0. The van der Waals surface area contributed by atoms with Gasteiger partial charge in [0.05, 0.1) is 12.7 Å². The van der Waals surface area contributed by atoms with Crippen molar-refractivity contribution >= 4 is 42.3 Å². The first-order chi connectivity index (χ1) is 20.3. The largest absolute Gasteiger partial charge is 0.416 e. The minimum absolute atomic E-state index is 0.0884. The van der Waals surface area contributed by atoms with E-state index in [1.807, 2.05) is 23.6 Å². The van der Waals surface area contributed by atoms with Crippen LogP contribution in [0.1, 0.15) is 47.1 Å². The number of ether oxygens (including phenoxy) is 3. The molecule has 246 valence electrons. The predicted octanol–water partition coefficient (Wildman–Crippen LogP) is 6.76. The molecular weight excluding hydrogens is 631 g/mol. The summed E-state index contributed by atoms with van der Waals surface area (Å²) in [5, 5.41) is 10.5. The van der Waals surface area contributed by atoms with Crippen LogP contribution in [0.3, 0.4) is 0 Å². The molecule has 0 bridgehead atoms. The number of nitrogens with two attached hydrogens (primary N) is 2. The molecule has 4 rings (SSSR count). The van der Waals surface area contributed by atoms with Crippen LogP contribution < -0.4 is 11.5 Å². The molecule has 0 aromatic carbocycles. The molecule has 5 N–H and O–H groups in total. The van der Waals surface area contributed by atoms with Crippen molar-refractivity contribution in [2.75, 3.05) is 47.1 Å². The summed E-state index contributed by atoms with van der Waals surface area (Å²) in [4.78, 5) is 3.41. The fourth-order valence-corrected chi connectivity index (χ4v) is 6.78. The first-order valence-electron chi connectivity index (χ1n) is 14.2. The molecule has 1 aliphatic rings. The third kappa shape index (κ3) is 15.2. The number of methoxy groups -OCH3 is 2. The topological polar surface area (TPSA) is 109 Å². The van der Waals surface area contributed by atoms with Crippen molar-refractivity contribution in [2.24, 2.45) is 11.5 Å². The molecule has 0 amide bonds. The first-order valence-corrected chi connectivity index (χ1v) is 19.6. The van der Waals surface area contributed by atoms with Gasteiger partial charge in [-0.25, -0.2) is 0 Å². The van der Waals surface area contributed by atoms with Crippen LogP contribution in [0.2, 0.25) is 18.1 Å². The molecule has 0 radical (unpaired) electrons. The fourth-order valence-electron chi connectivity index (χ4n) is 3.42. The van der Waals surface area contributed by atoms with E-state index in [9.17, 15) is 8.78 Å². The standard InChI is InChI=1S/C12H21FOSSi.C8H10FNOS.C6H8OS.C4H11NO2/c1-12(2,3)16(4,5)14-9-8-10-6-7-11(13)15-10;9-8-3-5-6(4-10)11-2-1-7(5)12-8;7-4-3-6-2-1-5-8-6;1-6-4(3-5)7-2/h6-7H,8-9H2,1-5H3;3,6H,1-2,4,10H2;1-2,5,7H,3-4H2;4H,3,5H2,1-2H3. The average Bonchev–Trinajstić information content (AvgIpc) is 3.71. The smallest absolute Gasteiger partial charge is 0.191 e. The molecule has 0 aliphatic carbocycles. The highest BCUT2D eigenvalue weighted by Crippen LogP contribution is 2.36. The molecule has 4 heterocycles. The summed E-state index contributed by atoms with van der Waals surface area (Å²) in [6, 6.07) is 8.93. The van der Waals surface area contributed by atoms with E-state index in [0.29, 0.717) is 26.3 Å². The van der Waals surface area contributed by atoms with Gasteiger partial charge in [-0.2, -0.15) is 8.78 Å². The van der Waals surface area contributed by atoms with Gasteiger partial charge < -0.3 is 35.2 Å². The van der Waals surface area contributed by atoms with Gasteiger partial charge in [0.15, 0.2) is 24.9 Å². The van der Waals surface area contributed by atoms with E-state index in [1.54, 1.807) is 25.6 Å². The van der Waals surface area contributed by atoms with E-state index in [4.69, 9.17) is 35.2 Å². The van der Waals surface area contributed by atoms with Gasteiger partial charge in [-0.3, -0.25) is 0 Å². The Bertz CT molecular complexity index is 1110. The number of rotatable bonds is 10. The number of halogens is 2. The number of thiophene rings is 3. The number of aliphatic hydroxyl groups is 1. The maximum Gasteiger partial charge on any atom is 0.191 e. The molecule has 3 aromatic rings. The monoisotopic (exact) mass is 680 g/mol. The molecule has 0 saturated carbocycles. The van der Waals surface area contributed by atoms with Crippen LogP contribution >= 0.6 is 34.0 Å². The minimum Gasteiger partial charge on any atom is -0.416 e. The normalized spacial score (nSPS) is 14.6.